The van der Waals surface area contributed by atoms with E-state index >= 15 is 0 Å². The summed E-state index contributed by atoms with van der Waals surface area (Å²) in [5, 5.41) is 12.4. The van der Waals surface area contributed by atoms with Gasteiger partial charge in [0.05, 0.1) is 15.8 Å². The highest BCUT2D eigenvalue weighted by Gasteiger charge is 2.12. The third kappa shape index (κ3) is 1.97. The Balaban J connectivity index is 1.86. The maximum Gasteiger partial charge on any atom is 0.222 e. The molecule has 3 aromatic carbocycles. The summed E-state index contributed by atoms with van der Waals surface area (Å²) in [7, 11) is 0. The summed E-state index contributed by atoms with van der Waals surface area (Å²) >= 11 is 1.59. The number of rotatable bonds is 1. The van der Waals surface area contributed by atoms with E-state index in [1.54, 1.807) is 11.3 Å². The molecule has 0 saturated carbocycles. The zero-order valence-corrected chi connectivity index (χ0v) is 13.4. The van der Waals surface area contributed by atoms with E-state index < -0.39 is 0 Å². The Bertz CT molecular complexity index is 1250. The lowest BCUT2D eigenvalue weighted by atomic mass is 10.0. The Morgan fingerprint density at radius 1 is 0.875 bits per heavy atom. The van der Waals surface area contributed by atoms with E-state index in [9.17, 15) is 0 Å². The minimum atomic E-state index is 0.150. The fraction of sp³-hybridized carbons (Fsp3) is 0. The van der Waals surface area contributed by atoms with Crippen molar-refractivity contribution in [3.63, 3.8) is 0 Å². The summed E-state index contributed by atoms with van der Waals surface area (Å²) in [4.78, 5) is 4.67. The molecule has 1 N–H and O–H groups in total. The Labute approximate surface area is 141 Å². The Morgan fingerprint density at radius 2 is 1.71 bits per heavy atom. The van der Waals surface area contributed by atoms with Crippen LogP contribution < -0.4 is 5.55 Å². The molecule has 0 aliphatic heterocycles. The van der Waals surface area contributed by atoms with Crippen molar-refractivity contribution >= 4 is 43.3 Å². The summed E-state index contributed by atoms with van der Waals surface area (Å²) in [6.07, 6.45) is 0. The normalized spacial score (nSPS) is 11.5. The van der Waals surface area contributed by atoms with Crippen molar-refractivity contribution in [3.8, 4) is 10.6 Å². The third-order valence-corrected chi connectivity index (χ3v) is 5.27. The van der Waals surface area contributed by atoms with Gasteiger partial charge in [-0.3, -0.25) is 5.41 Å². The van der Waals surface area contributed by atoms with Gasteiger partial charge in [0, 0.05) is 5.39 Å². The van der Waals surface area contributed by atoms with Gasteiger partial charge in [0.25, 0.3) is 0 Å². The molecular weight excluding hydrogens is 316 g/mol. The minimum absolute atomic E-state index is 0.150. The largest absolute Gasteiger partial charge is 0.438 e. The number of para-hydroxylation sites is 1. The molecule has 4 heteroatoms. The standard InChI is InChI=1S/C20H12N2OS/c21-19-15(20-22-16-7-3-4-8-18(16)24-20)11-14-13-6-2-1-5-12(13)9-10-17(14)23-19/h1-11,21H. The first-order valence-electron chi connectivity index (χ1n) is 7.66. The van der Waals surface area contributed by atoms with Crippen LogP contribution in [0.5, 0.6) is 0 Å². The molecule has 114 valence electrons. The fourth-order valence-electron chi connectivity index (χ4n) is 3.03. The first kappa shape index (κ1) is 13.5. The lowest BCUT2D eigenvalue weighted by molar-refractivity contribution is 0.536. The second-order valence-electron chi connectivity index (χ2n) is 5.67. The molecule has 0 spiro atoms. The Morgan fingerprint density at radius 3 is 2.62 bits per heavy atom. The van der Waals surface area contributed by atoms with Gasteiger partial charge in [0.1, 0.15) is 10.6 Å². The van der Waals surface area contributed by atoms with Crippen molar-refractivity contribution in [1.82, 2.24) is 4.98 Å². The van der Waals surface area contributed by atoms with E-state index in [0.29, 0.717) is 0 Å². The number of hydrogen-bond donors (Lipinski definition) is 1. The lowest BCUT2D eigenvalue weighted by Gasteiger charge is -2.05. The van der Waals surface area contributed by atoms with Gasteiger partial charge in [-0.05, 0) is 35.0 Å². The number of benzene rings is 3. The molecule has 0 fully saturated rings. The van der Waals surface area contributed by atoms with Crippen LogP contribution in [-0.2, 0) is 0 Å². The third-order valence-electron chi connectivity index (χ3n) is 4.20. The van der Waals surface area contributed by atoms with E-state index in [2.05, 4.69) is 17.1 Å². The summed E-state index contributed by atoms with van der Waals surface area (Å²) < 4.78 is 6.90. The van der Waals surface area contributed by atoms with Gasteiger partial charge in [0.2, 0.25) is 5.55 Å². The highest BCUT2D eigenvalue weighted by atomic mass is 32.1. The Hall–Kier alpha value is -2.98. The molecule has 5 rings (SSSR count). The molecule has 2 heterocycles. The van der Waals surface area contributed by atoms with E-state index in [1.807, 2.05) is 54.6 Å². The summed E-state index contributed by atoms with van der Waals surface area (Å²) in [6, 6.07) is 22.2. The molecule has 0 unspecified atom stereocenters. The summed E-state index contributed by atoms with van der Waals surface area (Å²) in [5.41, 5.74) is 2.57. The molecule has 0 radical (unpaired) electrons. The van der Waals surface area contributed by atoms with Gasteiger partial charge >= 0.3 is 0 Å². The quantitative estimate of drug-likeness (QED) is 0.422. The molecule has 0 saturated heterocycles. The molecule has 0 amide bonds. The maximum atomic E-state index is 8.27. The first-order valence-corrected chi connectivity index (χ1v) is 8.47. The van der Waals surface area contributed by atoms with Crippen LogP contribution in [0.2, 0.25) is 0 Å². The molecule has 0 bridgehead atoms. The van der Waals surface area contributed by atoms with Crippen LogP contribution in [0, 0.1) is 5.41 Å². The summed E-state index contributed by atoms with van der Waals surface area (Å²) in [5.74, 6) is 0. The van der Waals surface area contributed by atoms with Gasteiger partial charge in [-0.1, -0.05) is 42.5 Å². The van der Waals surface area contributed by atoms with Crippen molar-refractivity contribution in [2.45, 2.75) is 0 Å². The van der Waals surface area contributed by atoms with Crippen LogP contribution >= 0.6 is 11.3 Å². The molecule has 5 aromatic rings. The van der Waals surface area contributed by atoms with Gasteiger partial charge in [0.15, 0.2) is 0 Å². The number of fused-ring (bicyclic) bond motifs is 4. The van der Waals surface area contributed by atoms with Crippen LogP contribution in [0.1, 0.15) is 0 Å². The van der Waals surface area contributed by atoms with Gasteiger partial charge in [-0.25, -0.2) is 4.98 Å². The monoisotopic (exact) mass is 328 g/mol. The predicted molar refractivity (Wildman–Crippen MR) is 98.2 cm³/mol. The molecule has 2 aromatic heterocycles. The molecule has 3 nitrogen and oxygen atoms in total. The number of aromatic nitrogens is 1. The van der Waals surface area contributed by atoms with Crippen LogP contribution in [0.25, 0.3) is 42.5 Å². The first-order chi connectivity index (χ1) is 11.8. The van der Waals surface area contributed by atoms with Gasteiger partial charge in [-0.15, -0.1) is 11.3 Å². The van der Waals surface area contributed by atoms with Crippen molar-refractivity contribution in [1.29, 1.82) is 5.41 Å². The average Bonchev–Trinajstić information content (AvgIpc) is 3.04. The predicted octanol–water partition coefficient (Wildman–Crippen LogP) is 5.34. The number of hydrogen-bond acceptors (Lipinski definition) is 4. The second kappa shape index (κ2) is 5.01. The van der Waals surface area contributed by atoms with E-state index in [1.165, 1.54) is 0 Å². The number of nitrogens with zero attached hydrogens (tertiary/aromatic N) is 1. The summed E-state index contributed by atoms with van der Waals surface area (Å²) in [6.45, 7) is 0. The minimum Gasteiger partial charge on any atom is -0.438 e. The van der Waals surface area contributed by atoms with Crippen molar-refractivity contribution in [3.05, 3.63) is 72.3 Å². The van der Waals surface area contributed by atoms with Crippen molar-refractivity contribution < 1.29 is 4.42 Å². The van der Waals surface area contributed by atoms with Crippen LogP contribution in [0.15, 0.2) is 71.1 Å². The highest BCUT2D eigenvalue weighted by molar-refractivity contribution is 7.21. The van der Waals surface area contributed by atoms with Crippen LogP contribution in [-0.4, -0.2) is 4.98 Å². The smallest absolute Gasteiger partial charge is 0.222 e. The molecule has 0 aliphatic rings. The fourth-order valence-corrected chi connectivity index (χ4v) is 4.01. The average molecular weight is 328 g/mol. The SMILES string of the molecule is N=c1oc2ccc3ccccc3c2cc1-c1nc2ccccc2s1. The Kier molecular flexibility index (Phi) is 2.81. The van der Waals surface area contributed by atoms with Crippen LogP contribution in [0.4, 0.5) is 0 Å². The zero-order chi connectivity index (χ0) is 16.1. The van der Waals surface area contributed by atoms with Crippen molar-refractivity contribution in [2.75, 3.05) is 0 Å². The van der Waals surface area contributed by atoms with E-state index in [0.717, 1.165) is 42.5 Å². The zero-order valence-electron chi connectivity index (χ0n) is 12.6. The molecule has 0 atom stereocenters. The second-order valence-corrected chi connectivity index (χ2v) is 6.71. The maximum absolute atomic E-state index is 8.27. The number of nitrogens with one attached hydrogen (secondary N) is 1. The van der Waals surface area contributed by atoms with Gasteiger partial charge in [-0.2, -0.15) is 0 Å². The van der Waals surface area contributed by atoms with E-state index in [4.69, 9.17) is 9.83 Å². The molecular formula is C20H12N2OS. The van der Waals surface area contributed by atoms with E-state index in [-0.39, 0.29) is 5.55 Å². The molecule has 24 heavy (non-hydrogen) atoms. The van der Waals surface area contributed by atoms with Gasteiger partial charge < -0.3 is 4.42 Å². The molecule has 0 aliphatic carbocycles. The lowest BCUT2D eigenvalue weighted by Crippen LogP contribution is -2.02. The van der Waals surface area contributed by atoms with Crippen LogP contribution in [0.3, 0.4) is 0 Å². The highest BCUT2D eigenvalue weighted by Crippen LogP contribution is 2.31. The topological polar surface area (TPSA) is 49.9 Å². The number of thiazole rings is 1. The van der Waals surface area contributed by atoms with Crippen molar-refractivity contribution in [2.24, 2.45) is 0 Å².